The van der Waals surface area contributed by atoms with Gasteiger partial charge < -0.3 is 14.9 Å². The Kier molecular flexibility index (Phi) is 2.18. The molecule has 2 N–H and O–H groups in total. The van der Waals surface area contributed by atoms with Crippen LogP contribution in [0.3, 0.4) is 0 Å². The van der Waals surface area contributed by atoms with Gasteiger partial charge in [-0.2, -0.15) is 9.97 Å². The van der Waals surface area contributed by atoms with Crippen molar-refractivity contribution in [1.82, 2.24) is 9.97 Å². The van der Waals surface area contributed by atoms with Crippen molar-refractivity contribution in [2.75, 3.05) is 0 Å². The number of rotatable bonds is 1. The van der Waals surface area contributed by atoms with Crippen LogP contribution in [0.25, 0.3) is 0 Å². The summed E-state index contributed by atoms with van der Waals surface area (Å²) in [6.07, 6.45) is 0.609. The summed E-state index contributed by atoms with van der Waals surface area (Å²) in [4.78, 5) is 18.0. The van der Waals surface area contributed by atoms with Crippen molar-refractivity contribution in [2.24, 2.45) is 0 Å². The lowest BCUT2D eigenvalue weighted by molar-refractivity contribution is -0.146. The molecule has 0 amide bonds. The van der Waals surface area contributed by atoms with Crippen molar-refractivity contribution in [1.29, 1.82) is 0 Å². The summed E-state index contributed by atoms with van der Waals surface area (Å²) in [7, 11) is 0. The van der Waals surface area contributed by atoms with Gasteiger partial charge in [0.1, 0.15) is 6.10 Å². The van der Waals surface area contributed by atoms with Gasteiger partial charge in [-0.3, -0.25) is 4.79 Å². The highest BCUT2D eigenvalue weighted by Crippen LogP contribution is 2.37. The van der Waals surface area contributed by atoms with Gasteiger partial charge in [0.25, 0.3) is 0 Å². The zero-order valence-electron chi connectivity index (χ0n) is 8.10. The van der Waals surface area contributed by atoms with Crippen LogP contribution in [0.2, 0.25) is 0 Å². The molecule has 0 saturated carbocycles. The fraction of sp³-hybridized carbons (Fsp3) is 0.444. The van der Waals surface area contributed by atoms with E-state index in [4.69, 9.17) is 9.84 Å². The molecule has 1 aliphatic carbocycles. The van der Waals surface area contributed by atoms with Crippen molar-refractivity contribution in [2.45, 2.75) is 25.9 Å². The molecule has 1 heterocycles. The summed E-state index contributed by atoms with van der Waals surface area (Å²) < 4.78 is 5.00. The first-order chi connectivity index (χ1) is 7.08. The Morgan fingerprint density at radius 2 is 2.20 bits per heavy atom. The van der Waals surface area contributed by atoms with Crippen molar-refractivity contribution in [3.8, 4) is 11.9 Å². The van der Waals surface area contributed by atoms with Gasteiger partial charge in [0.05, 0.1) is 5.69 Å². The molecule has 0 aliphatic heterocycles. The Labute approximate surface area is 85.6 Å². The number of aromatic hydroxyl groups is 2. The first-order valence-corrected chi connectivity index (χ1v) is 4.54. The average Bonchev–Trinajstić information content (AvgIpc) is 2.48. The molecule has 1 aromatic heterocycles. The van der Waals surface area contributed by atoms with Gasteiger partial charge in [-0.25, -0.2) is 0 Å². The van der Waals surface area contributed by atoms with Gasteiger partial charge in [0.2, 0.25) is 5.88 Å². The summed E-state index contributed by atoms with van der Waals surface area (Å²) in [5.41, 5.74) is 0.939. The number of hydrogen-bond donors (Lipinski definition) is 2. The van der Waals surface area contributed by atoms with Crippen LogP contribution in [0, 0.1) is 0 Å². The van der Waals surface area contributed by atoms with Gasteiger partial charge in [0, 0.05) is 12.5 Å². The molecule has 0 saturated heterocycles. The van der Waals surface area contributed by atoms with E-state index >= 15 is 0 Å². The fourth-order valence-corrected chi connectivity index (χ4v) is 1.71. The largest absolute Gasteiger partial charge is 0.493 e. The van der Waals surface area contributed by atoms with E-state index in [9.17, 15) is 9.90 Å². The molecule has 0 spiro atoms. The summed E-state index contributed by atoms with van der Waals surface area (Å²) in [6.45, 7) is 1.30. The number of nitrogens with zero attached hydrogens (tertiary/aromatic N) is 2. The van der Waals surface area contributed by atoms with E-state index in [-0.39, 0.29) is 5.88 Å². The van der Waals surface area contributed by atoms with Crippen LogP contribution < -0.4 is 0 Å². The van der Waals surface area contributed by atoms with Gasteiger partial charge in [-0.15, -0.1) is 0 Å². The number of esters is 1. The highest BCUT2D eigenvalue weighted by atomic mass is 16.5. The van der Waals surface area contributed by atoms with E-state index in [0.717, 1.165) is 0 Å². The molecule has 0 fully saturated rings. The maximum absolute atomic E-state index is 10.8. The molecule has 6 heteroatoms. The predicted octanol–water partition coefficient (Wildman–Crippen LogP) is 0.438. The molecule has 1 aromatic rings. The number of carbonyl (C=O) groups excluding carboxylic acids is 1. The monoisotopic (exact) mass is 210 g/mol. The second kappa shape index (κ2) is 3.38. The summed E-state index contributed by atoms with van der Waals surface area (Å²) in [6, 6.07) is -0.509. The molecule has 6 nitrogen and oxygen atoms in total. The molecule has 1 aliphatic rings. The highest BCUT2D eigenvalue weighted by Gasteiger charge is 2.30. The third kappa shape index (κ3) is 1.70. The van der Waals surface area contributed by atoms with Crippen LogP contribution in [0.1, 0.15) is 30.7 Å². The van der Waals surface area contributed by atoms with Crippen molar-refractivity contribution in [3.05, 3.63) is 11.3 Å². The second-order valence-corrected chi connectivity index (χ2v) is 3.35. The Morgan fingerprint density at radius 3 is 2.87 bits per heavy atom. The minimum absolute atomic E-state index is 0.243. The summed E-state index contributed by atoms with van der Waals surface area (Å²) in [5.74, 6) is -0.655. The first-order valence-electron chi connectivity index (χ1n) is 4.54. The zero-order valence-corrected chi connectivity index (χ0v) is 8.10. The van der Waals surface area contributed by atoms with Crippen molar-refractivity contribution < 1.29 is 19.7 Å². The number of aromatic nitrogens is 2. The topological polar surface area (TPSA) is 92.5 Å². The maximum atomic E-state index is 10.8. The number of carbonyl (C=O) groups is 1. The van der Waals surface area contributed by atoms with Gasteiger partial charge >= 0.3 is 12.0 Å². The minimum Gasteiger partial charge on any atom is -0.493 e. The van der Waals surface area contributed by atoms with Crippen LogP contribution in [0.5, 0.6) is 11.9 Å². The second-order valence-electron chi connectivity index (χ2n) is 3.35. The Hall–Kier alpha value is -1.85. The molecule has 0 bridgehead atoms. The van der Waals surface area contributed by atoms with Gasteiger partial charge in [-0.1, -0.05) is 0 Å². The zero-order chi connectivity index (χ0) is 11.0. The Morgan fingerprint density at radius 1 is 1.47 bits per heavy atom. The molecule has 80 valence electrons. The average molecular weight is 210 g/mol. The molecule has 1 unspecified atom stereocenters. The van der Waals surface area contributed by atoms with Gasteiger partial charge in [-0.05, 0) is 12.8 Å². The highest BCUT2D eigenvalue weighted by molar-refractivity contribution is 5.66. The first kappa shape index (κ1) is 9.70. The summed E-state index contributed by atoms with van der Waals surface area (Å²) in [5, 5.41) is 18.5. The van der Waals surface area contributed by atoms with Crippen LogP contribution in [-0.4, -0.2) is 26.2 Å². The number of ether oxygens (including phenoxy) is 1. The van der Waals surface area contributed by atoms with Crippen LogP contribution >= 0.6 is 0 Å². The quantitative estimate of drug-likeness (QED) is 0.653. The van der Waals surface area contributed by atoms with E-state index in [0.29, 0.717) is 24.1 Å². The lowest BCUT2D eigenvalue weighted by atomic mass is 10.2. The third-order valence-corrected chi connectivity index (χ3v) is 2.28. The van der Waals surface area contributed by atoms with E-state index in [1.807, 2.05) is 0 Å². The third-order valence-electron chi connectivity index (χ3n) is 2.28. The molecule has 0 radical (unpaired) electrons. The fourth-order valence-electron chi connectivity index (χ4n) is 1.71. The van der Waals surface area contributed by atoms with E-state index in [1.165, 1.54) is 6.92 Å². The normalized spacial score (nSPS) is 18.6. The molecular weight excluding hydrogens is 200 g/mol. The van der Waals surface area contributed by atoms with E-state index < -0.39 is 18.1 Å². The smallest absolute Gasteiger partial charge is 0.317 e. The lowest BCUT2D eigenvalue weighted by Gasteiger charge is -2.10. The number of fused-ring (bicyclic) bond motifs is 1. The predicted molar refractivity (Wildman–Crippen MR) is 48.2 cm³/mol. The summed E-state index contributed by atoms with van der Waals surface area (Å²) >= 11 is 0. The van der Waals surface area contributed by atoms with Crippen molar-refractivity contribution in [3.63, 3.8) is 0 Å². The SMILES string of the molecule is CC(=O)OC1CCc2c(O)nc(O)nc21. The molecule has 1 atom stereocenters. The molecule has 2 rings (SSSR count). The van der Waals surface area contributed by atoms with E-state index in [1.54, 1.807) is 0 Å². The van der Waals surface area contributed by atoms with Crippen molar-refractivity contribution >= 4 is 5.97 Å². The standard InChI is InChI=1S/C9H10N2O4/c1-4(12)15-6-3-2-5-7(6)10-9(14)11-8(5)13/h6H,2-3H2,1H3,(H2,10,11,13,14). The van der Waals surface area contributed by atoms with Crippen LogP contribution in [0.15, 0.2) is 0 Å². The minimum atomic E-state index is -0.509. The van der Waals surface area contributed by atoms with Crippen LogP contribution in [0.4, 0.5) is 0 Å². The molecule has 0 aromatic carbocycles. The number of hydrogen-bond acceptors (Lipinski definition) is 6. The van der Waals surface area contributed by atoms with Gasteiger partial charge in [0.15, 0.2) is 0 Å². The maximum Gasteiger partial charge on any atom is 0.317 e. The lowest BCUT2D eigenvalue weighted by Crippen LogP contribution is -2.07. The Bertz CT molecular complexity index is 419. The molecule has 15 heavy (non-hydrogen) atoms. The molecular formula is C9H10N2O4. The Balaban J connectivity index is 2.37. The van der Waals surface area contributed by atoms with Crippen LogP contribution in [-0.2, 0) is 16.0 Å². The van der Waals surface area contributed by atoms with E-state index in [2.05, 4.69) is 9.97 Å².